The Balaban J connectivity index is 2.10. The minimum absolute atomic E-state index is 0.0167. The quantitative estimate of drug-likeness (QED) is 0.336. The summed E-state index contributed by atoms with van der Waals surface area (Å²) in [5.41, 5.74) is 0.0632. The Hall–Kier alpha value is -3.91. The first kappa shape index (κ1) is 20.8. The van der Waals surface area contributed by atoms with Crippen molar-refractivity contribution in [1.82, 2.24) is 9.55 Å². The molecule has 11 heteroatoms. The topological polar surface area (TPSA) is 147 Å². The molecule has 0 aliphatic carbocycles. The maximum Gasteiger partial charge on any atom is 0.281 e. The fraction of sp³-hybridized carbons (Fsp3) is 0.105. The van der Waals surface area contributed by atoms with Crippen molar-refractivity contribution in [3.8, 4) is 11.9 Å². The van der Waals surface area contributed by atoms with Crippen molar-refractivity contribution in [3.63, 3.8) is 0 Å². The number of azo groups is 1. The van der Waals surface area contributed by atoms with Crippen LogP contribution in [0.3, 0.4) is 0 Å². The smallest absolute Gasteiger partial charge is 0.281 e. The van der Waals surface area contributed by atoms with E-state index in [1.165, 1.54) is 31.3 Å². The van der Waals surface area contributed by atoms with Gasteiger partial charge in [0, 0.05) is 30.1 Å². The number of non-ortho nitro benzene ring substituents is 1. The summed E-state index contributed by atoms with van der Waals surface area (Å²) in [6, 6.07) is 9.18. The Kier molecular flexibility index (Phi) is 5.98. The highest BCUT2D eigenvalue weighted by molar-refractivity contribution is 9.10. The van der Waals surface area contributed by atoms with E-state index in [1.54, 1.807) is 18.3 Å². The Morgan fingerprint density at radius 3 is 2.73 bits per heavy atom. The van der Waals surface area contributed by atoms with Crippen LogP contribution in [-0.4, -0.2) is 19.6 Å². The molecule has 3 rings (SSSR count). The average Bonchev–Trinajstić information content (AvgIpc) is 2.73. The van der Waals surface area contributed by atoms with Crippen LogP contribution in [0, 0.1) is 28.4 Å². The number of pyridine rings is 2. The van der Waals surface area contributed by atoms with Crippen LogP contribution in [0.5, 0.6) is 5.88 Å². The van der Waals surface area contributed by atoms with E-state index >= 15 is 0 Å². The zero-order chi connectivity index (χ0) is 21.8. The first-order valence-electron chi connectivity index (χ1n) is 8.44. The van der Waals surface area contributed by atoms with Gasteiger partial charge in [0.05, 0.1) is 15.9 Å². The van der Waals surface area contributed by atoms with Crippen molar-refractivity contribution in [2.45, 2.75) is 13.5 Å². The molecular formula is C19H13BrN6O4. The van der Waals surface area contributed by atoms with Crippen LogP contribution < -0.4 is 5.56 Å². The monoisotopic (exact) mass is 468 g/mol. The van der Waals surface area contributed by atoms with Gasteiger partial charge in [0.25, 0.3) is 11.2 Å². The van der Waals surface area contributed by atoms with E-state index in [1.807, 2.05) is 6.07 Å². The molecule has 1 N–H and O–H groups in total. The van der Waals surface area contributed by atoms with Crippen LogP contribution in [0.1, 0.15) is 16.7 Å². The number of nitriles is 1. The van der Waals surface area contributed by atoms with E-state index in [-0.39, 0.29) is 34.7 Å². The molecule has 10 nitrogen and oxygen atoms in total. The van der Waals surface area contributed by atoms with Crippen molar-refractivity contribution in [2.24, 2.45) is 10.2 Å². The van der Waals surface area contributed by atoms with Gasteiger partial charge in [-0.15, -0.1) is 10.2 Å². The molecule has 30 heavy (non-hydrogen) atoms. The van der Waals surface area contributed by atoms with Crippen LogP contribution in [0.15, 0.2) is 62.2 Å². The van der Waals surface area contributed by atoms with Crippen LogP contribution >= 0.6 is 15.9 Å². The molecule has 2 aromatic heterocycles. The van der Waals surface area contributed by atoms with Crippen molar-refractivity contribution in [3.05, 3.63) is 84.4 Å². The number of hydrogen-bond donors (Lipinski definition) is 1. The number of nitro groups is 1. The van der Waals surface area contributed by atoms with Gasteiger partial charge in [-0.1, -0.05) is 6.07 Å². The van der Waals surface area contributed by atoms with Gasteiger partial charge in [-0.25, -0.2) is 0 Å². The van der Waals surface area contributed by atoms with Gasteiger partial charge in [0.2, 0.25) is 5.88 Å². The van der Waals surface area contributed by atoms with E-state index in [4.69, 9.17) is 0 Å². The summed E-state index contributed by atoms with van der Waals surface area (Å²) >= 11 is 3.18. The Bertz CT molecular complexity index is 1260. The second kappa shape index (κ2) is 8.62. The predicted molar refractivity (Wildman–Crippen MR) is 110 cm³/mol. The minimum atomic E-state index is -0.644. The first-order valence-corrected chi connectivity index (χ1v) is 9.23. The summed E-state index contributed by atoms with van der Waals surface area (Å²) in [4.78, 5) is 27.2. The number of aromatic hydroxyl groups is 1. The second-order valence-electron chi connectivity index (χ2n) is 6.13. The Morgan fingerprint density at radius 1 is 1.37 bits per heavy atom. The van der Waals surface area contributed by atoms with Gasteiger partial charge >= 0.3 is 0 Å². The highest BCUT2D eigenvalue weighted by Crippen LogP contribution is 2.32. The first-order chi connectivity index (χ1) is 14.3. The molecule has 0 atom stereocenters. The van der Waals surface area contributed by atoms with Crippen molar-refractivity contribution >= 4 is 33.0 Å². The van der Waals surface area contributed by atoms with Crippen molar-refractivity contribution < 1.29 is 10.0 Å². The molecule has 0 spiro atoms. The number of hydrogen-bond acceptors (Lipinski definition) is 8. The average molecular weight is 469 g/mol. The Morgan fingerprint density at radius 2 is 2.13 bits per heavy atom. The van der Waals surface area contributed by atoms with E-state index in [2.05, 4.69) is 31.1 Å². The van der Waals surface area contributed by atoms with Crippen molar-refractivity contribution in [1.29, 1.82) is 5.26 Å². The van der Waals surface area contributed by atoms with Gasteiger partial charge in [-0.3, -0.25) is 24.5 Å². The van der Waals surface area contributed by atoms with Gasteiger partial charge in [0.15, 0.2) is 5.69 Å². The number of benzene rings is 1. The molecule has 2 heterocycles. The van der Waals surface area contributed by atoms with E-state index < -0.39 is 16.4 Å². The van der Waals surface area contributed by atoms with Crippen LogP contribution in [0.2, 0.25) is 0 Å². The minimum Gasteiger partial charge on any atom is -0.493 e. The molecule has 0 saturated heterocycles. The third-order valence-electron chi connectivity index (χ3n) is 4.23. The summed E-state index contributed by atoms with van der Waals surface area (Å²) < 4.78 is 1.33. The number of nitro benzene ring substituents is 1. The fourth-order valence-corrected chi connectivity index (χ4v) is 3.12. The summed E-state index contributed by atoms with van der Waals surface area (Å²) in [6.45, 7) is 1.46. The molecule has 150 valence electrons. The van der Waals surface area contributed by atoms with E-state index in [9.17, 15) is 25.3 Å². The number of nitrogens with zero attached hydrogens (tertiary/aromatic N) is 6. The van der Waals surface area contributed by atoms with Crippen LogP contribution in [0.4, 0.5) is 17.1 Å². The van der Waals surface area contributed by atoms with E-state index in [0.717, 1.165) is 4.57 Å². The number of rotatable bonds is 5. The number of aromatic nitrogens is 2. The molecule has 3 aromatic rings. The fourth-order valence-electron chi connectivity index (χ4n) is 2.67. The molecule has 0 aliphatic heterocycles. The van der Waals surface area contributed by atoms with Gasteiger partial charge in [0.1, 0.15) is 17.3 Å². The second-order valence-corrected chi connectivity index (χ2v) is 6.98. The number of halogens is 1. The van der Waals surface area contributed by atoms with Gasteiger partial charge in [-0.2, -0.15) is 5.26 Å². The molecule has 0 aliphatic rings. The summed E-state index contributed by atoms with van der Waals surface area (Å²) in [5, 5.41) is 38.7. The lowest BCUT2D eigenvalue weighted by molar-refractivity contribution is -0.384. The summed E-state index contributed by atoms with van der Waals surface area (Å²) in [5.74, 6) is -0.473. The molecular weight excluding hydrogens is 456 g/mol. The highest BCUT2D eigenvalue weighted by Gasteiger charge is 2.19. The molecule has 1 aromatic carbocycles. The molecule has 0 unspecified atom stereocenters. The predicted octanol–water partition coefficient (Wildman–Crippen LogP) is 4.26. The molecule has 0 saturated carbocycles. The maximum atomic E-state index is 13.0. The zero-order valence-electron chi connectivity index (χ0n) is 15.5. The van der Waals surface area contributed by atoms with Crippen LogP contribution in [0.25, 0.3) is 0 Å². The highest BCUT2D eigenvalue weighted by atomic mass is 79.9. The molecule has 0 bridgehead atoms. The van der Waals surface area contributed by atoms with E-state index in [0.29, 0.717) is 10.0 Å². The molecule has 0 amide bonds. The lowest BCUT2D eigenvalue weighted by Crippen LogP contribution is -2.22. The SMILES string of the molecule is Cc1c(C#N)c(O)n(Cc2cccnc2)c(=O)c1N=Nc1ccc([N+](=O)[O-])cc1Br. The third kappa shape index (κ3) is 4.08. The van der Waals surface area contributed by atoms with Gasteiger partial charge < -0.3 is 5.11 Å². The maximum absolute atomic E-state index is 13.0. The molecule has 0 fully saturated rings. The summed E-state index contributed by atoms with van der Waals surface area (Å²) in [6.07, 6.45) is 3.11. The summed E-state index contributed by atoms with van der Waals surface area (Å²) in [7, 11) is 0. The normalized spacial score (nSPS) is 10.8. The third-order valence-corrected chi connectivity index (χ3v) is 4.87. The molecule has 0 radical (unpaired) electrons. The Labute approximate surface area is 178 Å². The largest absolute Gasteiger partial charge is 0.493 e. The lowest BCUT2D eigenvalue weighted by Gasteiger charge is -2.13. The van der Waals surface area contributed by atoms with Crippen molar-refractivity contribution in [2.75, 3.05) is 0 Å². The van der Waals surface area contributed by atoms with Crippen LogP contribution in [-0.2, 0) is 6.54 Å². The lowest BCUT2D eigenvalue weighted by atomic mass is 10.1. The zero-order valence-corrected chi connectivity index (χ0v) is 17.1. The standard InChI is InChI=1S/C19H13BrN6O4/c1-11-14(8-21)18(27)25(10-12-3-2-6-22-9-12)19(28)17(11)24-23-16-5-4-13(26(29)30)7-15(16)20/h2-7,9,27H,10H2,1H3. The van der Waals surface area contributed by atoms with Gasteiger partial charge in [-0.05, 0) is 40.5 Å².